The van der Waals surface area contributed by atoms with Crippen LogP contribution in [0.5, 0.6) is 0 Å². The molecule has 6 heteroatoms. The van der Waals surface area contributed by atoms with Gasteiger partial charge in [-0.25, -0.2) is 0 Å². The van der Waals surface area contributed by atoms with Gasteiger partial charge in [-0.15, -0.1) is 22.7 Å². The van der Waals surface area contributed by atoms with E-state index in [1.807, 2.05) is 22.7 Å². The van der Waals surface area contributed by atoms with E-state index in [1.165, 1.54) is 106 Å². The predicted molar refractivity (Wildman–Crippen MR) is 474 cm³/mol. The summed E-state index contributed by atoms with van der Waals surface area (Å²) in [6, 6.07) is 157. The largest absolute Gasteiger partial charge is 0.310 e. The van der Waals surface area contributed by atoms with Gasteiger partial charge in [0.25, 0.3) is 0 Å². The fraction of sp³-hybridized carbons (Fsp3) is 0. The lowest BCUT2D eigenvalue weighted by atomic mass is 9.99. The summed E-state index contributed by atoms with van der Waals surface area (Å²) in [7, 11) is 0. The first-order valence-electron chi connectivity index (χ1n) is 37.3. The highest BCUT2D eigenvalue weighted by Gasteiger charge is 2.21. The van der Waals surface area contributed by atoms with Crippen LogP contribution in [0.4, 0.5) is 68.2 Å². The zero-order chi connectivity index (χ0) is 73.1. The van der Waals surface area contributed by atoms with Crippen LogP contribution in [0.2, 0.25) is 0 Å². The number of fused-ring (bicyclic) bond motifs is 8. The summed E-state index contributed by atoms with van der Waals surface area (Å²) in [6.07, 6.45) is 0. The van der Waals surface area contributed by atoms with Gasteiger partial charge in [-0.2, -0.15) is 0 Å². The molecular formula is C104H72N4S2. The summed E-state index contributed by atoms with van der Waals surface area (Å²) < 4.78 is 5.23. The fourth-order valence-corrected chi connectivity index (χ4v) is 17.8. The second-order valence-electron chi connectivity index (χ2n) is 27.6. The molecule has 0 aliphatic heterocycles. The molecule has 0 N–H and O–H groups in total. The Morgan fingerprint density at radius 3 is 0.673 bits per heavy atom. The normalized spacial score (nSPS) is 11.3. The van der Waals surface area contributed by atoms with Gasteiger partial charge < -0.3 is 19.6 Å². The molecule has 110 heavy (non-hydrogen) atoms. The molecule has 20 aromatic rings. The average molecular weight is 1440 g/mol. The van der Waals surface area contributed by atoms with Crippen LogP contribution < -0.4 is 19.6 Å². The van der Waals surface area contributed by atoms with E-state index >= 15 is 0 Å². The molecule has 0 aliphatic carbocycles. The summed E-state index contributed by atoms with van der Waals surface area (Å²) in [5, 5.41) is 10.2. The first-order chi connectivity index (χ1) is 54.5. The lowest BCUT2D eigenvalue weighted by Gasteiger charge is -2.27. The smallest absolute Gasteiger partial charge is 0.0540 e. The molecule has 0 atom stereocenters. The number of anilines is 12. The lowest BCUT2D eigenvalue weighted by molar-refractivity contribution is 1.29. The van der Waals surface area contributed by atoms with Crippen molar-refractivity contribution in [2.75, 3.05) is 19.6 Å². The van der Waals surface area contributed by atoms with Crippen molar-refractivity contribution < 1.29 is 0 Å². The second-order valence-corrected chi connectivity index (χ2v) is 29.7. The molecule has 0 spiro atoms. The van der Waals surface area contributed by atoms with Gasteiger partial charge in [0.2, 0.25) is 0 Å². The first kappa shape index (κ1) is 66.8. The standard InChI is InChI=1S/C54H36N2S2.C50H36N2/c1-3-11-41(12-4-1)55(45-31-33-49-47-15-7-9-17-51(47)57-53(49)35-45)43-27-23-39(24-28-43)37-19-21-38(22-20-37)40-25-29-44(30-26-40)56(42-13-5-2-6-14-42)46-32-34-50-48-16-8-10-18-52(48)58-54(50)36-46;1-3-17-43(18-4-1)51(49-23-11-15-41-13-7-9-21-47(41)49)45-33-29-39(30-34-45)37-25-27-38(28-26-37)40-31-35-46(36-32-40)52(44-19-5-2-6-20-44)50-24-12-16-42-14-8-10-22-48(42)50/h1-36H;1-36H. The molecule has 0 saturated heterocycles. The molecule has 0 saturated carbocycles. The number of nitrogens with zero attached hydrogens (tertiary/aromatic N) is 4. The number of thiophene rings is 2. The molecule has 18 aromatic carbocycles. The fourth-order valence-electron chi connectivity index (χ4n) is 15.5. The van der Waals surface area contributed by atoms with Crippen molar-refractivity contribution in [1.82, 2.24) is 0 Å². The quantitative estimate of drug-likeness (QED) is 0.0956. The first-order valence-corrected chi connectivity index (χ1v) is 39.0. The molecule has 20 rings (SSSR count). The molecule has 2 heterocycles. The monoisotopic (exact) mass is 1440 g/mol. The van der Waals surface area contributed by atoms with E-state index in [4.69, 9.17) is 0 Å². The van der Waals surface area contributed by atoms with E-state index in [9.17, 15) is 0 Å². The van der Waals surface area contributed by atoms with Gasteiger partial charge in [-0.1, -0.05) is 291 Å². The highest BCUT2D eigenvalue weighted by atomic mass is 32.1. The number of para-hydroxylation sites is 4. The summed E-state index contributed by atoms with van der Waals surface area (Å²) >= 11 is 3.71. The zero-order valence-electron chi connectivity index (χ0n) is 60.2. The minimum atomic E-state index is 1.12. The van der Waals surface area contributed by atoms with Crippen LogP contribution in [0, 0.1) is 0 Å². The van der Waals surface area contributed by atoms with Gasteiger partial charge in [0.15, 0.2) is 0 Å². The summed E-state index contributed by atoms with van der Waals surface area (Å²) in [6.45, 7) is 0. The van der Waals surface area contributed by atoms with Crippen molar-refractivity contribution in [3.63, 3.8) is 0 Å². The predicted octanol–water partition coefficient (Wildman–Crippen LogP) is 31.0. The molecule has 0 amide bonds. The van der Waals surface area contributed by atoms with E-state index in [-0.39, 0.29) is 0 Å². The maximum absolute atomic E-state index is 2.35. The van der Waals surface area contributed by atoms with Crippen molar-refractivity contribution >= 4 is 153 Å². The molecule has 520 valence electrons. The second kappa shape index (κ2) is 29.8. The molecule has 0 fully saturated rings. The van der Waals surface area contributed by atoms with Crippen molar-refractivity contribution in [1.29, 1.82) is 0 Å². The van der Waals surface area contributed by atoms with Crippen molar-refractivity contribution in [3.8, 4) is 44.5 Å². The summed E-state index contributed by atoms with van der Waals surface area (Å²) in [4.78, 5) is 9.39. The Kier molecular flexibility index (Phi) is 18.1. The van der Waals surface area contributed by atoms with Gasteiger partial charge in [0.05, 0.1) is 11.4 Å². The third kappa shape index (κ3) is 13.3. The number of hydrogen-bond donors (Lipinski definition) is 0. The van der Waals surface area contributed by atoms with E-state index in [1.54, 1.807) is 0 Å². The number of rotatable bonds is 16. The topological polar surface area (TPSA) is 13.0 Å². The summed E-state index contributed by atoms with van der Waals surface area (Å²) in [5.74, 6) is 0. The van der Waals surface area contributed by atoms with Gasteiger partial charge in [0.1, 0.15) is 0 Å². The Bertz CT molecular complexity index is 6190. The molecule has 4 nitrogen and oxygen atoms in total. The van der Waals surface area contributed by atoms with Crippen LogP contribution in [0.15, 0.2) is 437 Å². The van der Waals surface area contributed by atoms with Crippen molar-refractivity contribution in [3.05, 3.63) is 437 Å². The minimum absolute atomic E-state index is 1.12. The van der Waals surface area contributed by atoms with E-state index in [2.05, 4.69) is 456 Å². The van der Waals surface area contributed by atoms with Crippen molar-refractivity contribution in [2.24, 2.45) is 0 Å². The van der Waals surface area contributed by atoms with E-state index in [0.717, 1.165) is 68.2 Å². The van der Waals surface area contributed by atoms with Crippen LogP contribution in [-0.4, -0.2) is 0 Å². The summed E-state index contributed by atoms with van der Waals surface area (Å²) in [5.41, 5.74) is 23.2. The third-order valence-corrected chi connectivity index (χ3v) is 23.2. The van der Waals surface area contributed by atoms with Gasteiger partial charge in [-0.05, 0) is 201 Å². The minimum Gasteiger partial charge on any atom is -0.310 e. The number of hydrogen-bond acceptors (Lipinski definition) is 6. The SMILES string of the molecule is c1ccc(N(c2ccc(-c3ccc(-c4ccc(N(c5ccccc5)c5ccc6c(c5)sc5ccccc56)cc4)cc3)cc2)c2ccc3c(c2)sc2ccccc23)cc1.c1ccc(N(c2ccc(-c3ccc(-c4ccc(N(c5ccccc5)c5cccc6ccccc56)cc4)cc3)cc2)c2cccc3ccccc23)cc1. The Morgan fingerprint density at radius 1 is 0.136 bits per heavy atom. The molecule has 0 unspecified atom stereocenters. The average Bonchev–Trinajstić information content (AvgIpc) is 1.53. The Hall–Kier alpha value is -13.9. The third-order valence-electron chi connectivity index (χ3n) is 20.9. The molecular weight excluding hydrogens is 1370 g/mol. The van der Waals surface area contributed by atoms with Gasteiger partial charge in [0, 0.05) is 108 Å². The van der Waals surface area contributed by atoms with Crippen LogP contribution >= 0.6 is 22.7 Å². The molecule has 0 radical (unpaired) electrons. The number of benzene rings is 18. The molecule has 0 bridgehead atoms. The molecule has 2 aromatic heterocycles. The zero-order valence-corrected chi connectivity index (χ0v) is 61.8. The maximum Gasteiger partial charge on any atom is 0.0540 e. The van der Waals surface area contributed by atoms with Crippen molar-refractivity contribution in [2.45, 2.75) is 0 Å². The van der Waals surface area contributed by atoms with Gasteiger partial charge in [-0.3, -0.25) is 0 Å². The van der Waals surface area contributed by atoms with E-state index in [0.29, 0.717) is 0 Å². The Balaban J connectivity index is 0.000000150. The molecule has 0 aliphatic rings. The Morgan fingerprint density at radius 2 is 0.355 bits per heavy atom. The van der Waals surface area contributed by atoms with Crippen LogP contribution in [0.1, 0.15) is 0 Å². The lowest BCUT2D eigenvalue weighted by Crippen LogP contribution is -2.10. The highest BCUT2D eigenvalue weighted by molar-refractivity contribution is 7.26. The van der Waals surface area contributed by atoms with Gasteiger partial charge >= 0.3 is 0 Å². The maximum atomic E-state index is 2.35. The van der Waals surface area contributed by atoms with Crippen LogP contribution in [-0.2, 0) is 0 Å². The van der Waals surface area contributed by atoms with Crippen LogP contribution in [0.3, 0.4) is 0 Å². The van der Waals surface area contributed by atoms with E-state index < -0.39 is 0 Å². The Labute approximate surface area is 649 Å². The van der Waals surface area contributed by atoms with Crippen LogP contribution in [0.25, 0.3) is 106 Å². The highest BCUT2D eigenvalue weighted by Crippen LogP contribution is 2.46.